The Kier molecular flexibility index (Phi) is 4.84. The molecule has 0 N–H and O–H groups in total. The summed E-state index contributed by atoms with van der Waals surface area (Å²) < 4.78 is 0. The third-order valence-electron chi connectivity index (χ3n) is 1.72. The molecule has 0 amide bonds. The van der Waals surface area contributed by atoms with Crippen LogP contribution in [0.2, 0.25) is 0 Å². The van der Waals surface area contributed by atoms with Crippen molar-refractivity contribution < 1.29 is 0 Å². The van der Waals surface area contributed by atoms with Crippen LogP contribution in [0, 0.1) is 17.8 Å². The molecule has 0 aliphatic rings. The van der Waals surface area contributed by atoms with Gasteiger partial charge in [-0.25, -0.2) is 0 Å². The van der Waals surface area contributed by atoms with Gasteiger partial charge >= 0.3 is 0 Å². The molecule has 0 saturated heterocycles. The highest BCUT2D eigenvalue weighted by atomic mass is 79.9. The van der Waals surface area contributed by atoms with Crippen molar-refractivity contribution in [2.75, 3.05) is 0 Å². The van der Waals surface area contributed by atoms with Gasteiger partial charge in [0.05, 0.1) is 0 Å². The third-order valence-corrected chi connectivity index (χ3v) is 3.55. The van der Waals surface area contributed by atoms with E-state index in [0.717, 1.165) is 12.8 Å². The SMILES string of the molecule is C#CCCCC(Br)C(C)(C)C. The predicted molar refractivity (Wildman–Crippen MR) is 54.9 cm³/mol. The van der Waals surface area contributed by atoms with Crippen molar-refractivity contribution in [3.63, 3.8) is 0 Å². The lowest BCUT2D eigenvalue weighted by Gasteiger charge is -2.25. The molecule has 1 unspecified atom stereocenters. The second kappa shape index (κ2) is 4.83. The normalized spacial score (nSPS) is 14.1. The lowest BCUT2D eigenvalue weighted by atomic mass is 9.89. The highest BCUT2D eigenvalue weighted by Crippen LogP contribution is 2.29. The van der Waals surface area contributed by atoms with Crippen molar-refractivity contribution in [3.8, 4) is 12.3 Å². The molecule has 0 aromatic heterocycles. The van der Waals surface area contributed by atoms with Crippen LogP contribution in [0.4, 0.5) is 0 Å². The number of alkyl halides is 1. The predicted octanol–water partition coefficient (Wildman–Crippen LogP) is 3.60. The highest BCUT2D eigenvalue weighted by Gasteiger charge is 2.20. The van der Waals surface area contributed by atoms with Crippen LogP contribution in [0.5, 0.6) is 0 Å². The molecule has 1 atom stereocenters. The summed E-state index contributed by atoms with van der Waals surface area (Å²) in [6.07, 6.45) is 8.36. The van der Waals surface area contributed by atoms with Crippen LogP contribution < -0.4 is 0 Å². The van der Waals surface area contributed by atoms with Gasteiger partial charge in [0.15, 0.2) is 0 Å². The van der Waals surface area contributed by atoms with Gasteiger partial charge in [0.2, 0.25) is 0 Å². The Bertz CT molecular complexity index is 136. The van der Waals surface area contributed by atoms with Gasteiger partial charge in [-0.05, 0) is 18.3 Å². The van der Waals surface area contributed by atoms with Crippen LogP contribution in [0.3, 0.4) is 0 Å². The minimum atomic E-state index is 0.356. The Labute approximate surface area is 78.9 Å². The maximum Gasteiger partial charge on any atom is 0.0194 e. The number of unbranched alkanes of at least 4 members (excludes halogenated alkanes) is 1. The Balaban J connectivity index is 3.55. The topological polar surface area (TPSA) is 0 Å². The van der Waals surface area contributed by atoms with Crippen molar-refractivity contribution >= 4 is 15.9 Å². The maximum atomic E-state index is 5.16. The Hall–Kier alpha value is 0.0400. The molecule has 0 fully saturated rings. The molecule has 1 heteroatoms. The molecule has 0 aliphatic carbocycles. The molecule has 0 nitrogen and oxygen atoms in total. The quantitative estimate of drug-likeness (QED) is 0.385. The summed E-state index contributed by atoms with van der Waals surface area (Å²) in [4.78, 5) is 0.586. The molecule has 0 aromatic carbocycles. The van der Waals surface area contributed by atoms with Gasteiger partial charge in [-0.15, -0.1) is 12.3 Å². The lowest BCUT2D eigenvalue weighted by Crippen LogP contribution is -2.19. The maximum absolute atomic E-state index is 5.16. The van der Waals surface area contributed by atoms with Gasteiger partial charge in [0.25, 0.3) is 0 Å². The Morgan fingerprint density at radius 3 is 2.36 bits per heavy atom. The second-order valence-electron chi connectivity index (χ2n) is 3.93. The average molecular weight is 217 g/mol. The van der Waals surface area contributed by atoms with Crippen molar-refractivity contribution in [1.82, 2.24) is 0 Å². The molecule has 0 bridgehead atoms. The van der Waals surface area contributed by atoms with Crippen LogP contribution in [-0.2, 0) is 0 Å². The van der Waals surface area contributed by atoms with Crippen molar-refractivity contribution in [3.05, 3.63) is 0 Å². The average Bonchev–Trinajstić information content (AvgIpc) is 1.86. The van der Waals surface area contributed by atoms with E-state index in [1.807, 2.05) is 0 Å². The van der Waals surface area contributed by atoms with E-state index < -0.39 is 0 Å². The summed E-state index contributed by atoms with van der Waals surface area (Å²) in [5, 5.41) is 0. The molecule has 0 spiro atoms. The van der Waals surface area contributed by atoms with E-state index in [1.165, 1.54) is 6.42 Å². The number of hydrogen-bond donors (Lipinski definition) is 0. The molecule has 0 radical (unpaired) electrons. The zero-order chi connectivity index (χ0) is 8.91. The van der Waals surface area contributed by atoms with Crippen LogP contribution in [-0.4, -0.2) is 4.83 Å². The van der Waals surface area contributed by atoms with Gasteiger partial charge in [0, 0.05) is 11.2 Å². The second-order valence-corrected chi connectivity index (χ2v) is 5.04. The third kappa shape index (κ3) is 5.32. The van der Waals surface area contributed by atoms with E-state index in [1.54, 1.807) is 0 Å². The van der Waals surface area contributed by atoms with Crippen LogP contribution in [0.15, 0.2) is 0 Å². The van der Waals surface area contributed by atoms with E-state index in [9.17, 15) is 0 Å². The first-order chi connectivity index (χ1) is 4.98. The molecule has 0 aliphatic heterocycles. The zero-order valence-corrected chi connectivity index (χ0v) is 9.24. The summed E-state index contributed by atoms with van der Waals surface area (Å²) in [6.45, 7) is 6.72. The number of terminal acetylenes is 1. The molecule has 0 rings (SSSR count). The lowest BCUT2D eigenvalue weighted by molar-refractivity contribution is 0.381. The summed E-state index contributed by atoms with van der Waals surface area (Å²) in [5.74, 6) is 2.65. The Morgan fingerprint density at radius 1 is 1.45 bits per heavy atom. The van der Waals surface area contributed by atoms with E-state index in [2.05, 4.69) is 42.6 Å². The van der Waals surface area contributed by atoms with Crippen LogP contribution in [0.1, 0.15) is 40.0 Å². The van der Waals surface area contributed by atoms with Crippen LogP contribution in [0.25, 0.3) is 0 Å². The highest BCUT2D eigenvalue weighted by molar-refractivity contribution is 9.09. The standard InChI is InChI=1S/C10H17Br/c1-5-6-7-8-9(11)10(2,3)4/h1,9H,6-8H2,2-4H3. The van der Waals surface area contributed by atoms with Gasteiger partial charge in [-0.1, -0.05) is 36.7 Å². The summed E-state index contributed by atoms with van der Waals surface area (Å²) in [7, 11) is 0. The first-order valence-electron chi connectivity index (χ1n) is 4.06. The van der Waals surface area contributed by atoms with Crippen molar-refractivity contribution in [2.45, 2.75) is 44.9 Å². The number of rotatable bonds is 3. The van der Waals surface area contributed by atoms with Crippen molar-refractivity contribution in [1.29, 1.82) is 0 Å². The number of hydrogen-bond acceptors (Lipinski definition) is 0. The van der Waals surface area contributed by atoms with Gasteiger partial charge < -0.3 is 0 Å². The summed E-state index contributed by atoms with van der Waals surface area (Å²) >= 11 is 3.66. The fourth-order valence-electron chi connectivity index (χ4n) is 0.816. The van der Waals surface area contributed by atoms with Gasteiger partial charge in [-0.2, -0.15) is 0 Å². The minimum Gasteiger partial charge on any atom is -0.120 e. The molecule has 0 aromatic rings. The fraction of sp³-hybridized carbons (Fsp3) is 0.800. The molecular formula is C10H17Br. The molecule has 0 heterocycles. The fourth-order valence-corrected chi connectivity index (χ4v) is 1.14. The minimum absolute atomic E-state index is 0.356. The Morgan fingerprint density at radius 2 is 2.00 bits per heavy atom. The van der Waals surface area contributed by atoms with E-state index in [0.29, 0.717) is 10.2 Å². The first kappa shape index (κ1) is 11.0. The molecule has 64 valence electrons. The van der Waals surface area contributed by atoms with Crippen molar-refractivity contribution in [2.24, 2.45) is 5.41 Å². The molecular weight excluding hydrogens is 200 g/mol. The number of halogens is 1. The molecule has 11 heavy (non-hydrogen) atoms. The smallest absolute Gasteiger partial charge is 0.0194 e. The van der Waals surface area contributed by atoms with Gasteiger partial charge in [0.1, 0.15) is 0 Å². The van der Waals surface area contributed by atoms with E-state index >= 15 is 0 Å². The first-order valence-corrected chi connectivity index (χ1v) is 4.97. The summed E-state index contributed by atoms with van der Waals surface area (Å²) in [6, 6.07) is 0. The largest absolute Gasteiger partial charge is 0.120 e. The summed E-state index contributed by atoms with van der Waals surface area (Å²) in [5.41, 5.74) is 0.356. The zero-order valence-electron chi connectivity index (χ0n) is 7.65. The van der Waals surface area contributed by atoms with Crippen LogP contribution >= 0.6 is 15.9 Å². The monoisotopic (exact) mass is 216 g/mol. The van der Waals surface area contributed by atoms with Gasteiger partial charge in [-0.3, -0.25) is 0 Å². The molecule has 0 saturated carbocycles. The van der Waals surface area contributed by atoms with E-state index in [-0.39, 0.29) is 0 Å². The van der Waals surface area contributed by atoms with E-state index in [4.69, 9.17) is 6.42 Å².